The molecule has 6 rings (SSSR count). The molecular formula is C38H34Cl6N4O8S2. The van der Waals surface area contributed by atoms with Gasteiger partial charge in [0.2, 0.25) is 0 Å². The second-order valence-electron chi connectivity index (χ2n) is 15.5. The summed E-state index contributed by atoms with van der Waals surface area (Å²) < 4.78 is 63.7. The number of carbonyl (C=O) groups is 2. The number of esters is 2. The van der Waals surface area contributed by atoms with Gasteiger partial charge in [0.15, 0.2) is 31.2 Å². The standard InChI is InChI=1S/C20H19Cl3N2O4S.C18H15Cl3N2O4S/c1-19(2,3)18(26)29-15-14-10(7-6-8-24-14)20(4,5)30(27,28)16(15)12-11(21)9-25-17(23)13(12)22;1-18(2,3)17(24)27-14-13-9(5-4-6-22-13)8-28(25,26)15(14)11-10(19)7-23-16(21)12(11)20/h6-9H,1-5H3;4-7H,8H2,1-3H3. The summed E-state index contributed by atoms with van der Waals surface area (Å²) in [7, 11) is -8.15. The Morgan fingerprint density at radius 1 is 0.655 bits per heavy atom. The van der Waals surface area contributed by atoms with Gasteiger partial charge < -0.3 is 9.47 Å². The Hall–Kier alpha value is -3.34. The fourth-order valence-electron chi connectivity index (χ4n) is 5.49. The summed E-state index contributed by atoms with van der Waals surface area (Å²) in [5.41, 5.74) is -0.732. The minimum atomic E-state index is -4.16. The summed E-state index contributed by atoms with van der Waals surface area (Å²) in [6, 6.07) is 6.45. The molecule has 0 aliphatic carbocycles. The Kier molecular flexibility index (Phi) is 12.8. The molecule has 4 aromatic rings. The van der Waals surface area contributed by atoms with Crippen molar-refractivity contribution >= 4 is 123 Å². The van der Waals surface area contributed by atoms with E-state index in [1.165, 1.54) is 38.6 Å². The highest BCUT2D eigenvalue weighted by molar-refractivity contribution is 8.01. The lowest BCUT2D eigenvalue weighted by Crippen LogP contribution is -2.36. The molecule has 0 atom stereocenters. The fourth-order valence-corrected chi connectivity index (χ4v) is 10.6. The third kappa shape index (κ3) is 8.49. The zero-order valence-electron chi connectivity index (χ0n) is 32.0. The smallest absolute Gasteiger partial charge is 0.316 e. The van der Waals surface area contributed by atoms with Gasteiger partial charge in [0.05, 0.1) is 41.4 Å². The van der Waals surface area contributed by atoms with Crippen LogP contribution in [0.25, 0.3) is 21.3 Å². The molecule has 4 aromatic heterocycles. The maximum Gasteiger partial charge on any atom is 0.316 e. The normalized spacial score (nSPS) is 16.7. The van der Waals surface area contributed by atoms with Crippen LogP contribution in [0.5, 0.6) is 0 Å². The van der Waals surface area contributed by atoms with E-state index in [4.69, 9.17) is 79.1 Å². The van der Waals surface area contributed by atoms with Crippen LogP contribution in [0.1, 0.15) is 89.0 Å². The van der Waals surface area contributed by atoms with E-state index in [1.807, 2.05) is 0 Å². The first-order valence-electron chi connectivity index (χ1n) is 16.9. The molecule has 6 heterocycles. The van der Waals surface area contributed by atoms with E-state index in [0.717, 1.165) is 0 Å². The van der Waals surface area contributed by atoms with Crippen molar-refractivity contribution in [1.82, 2.24) is 19.9 Å². The second-order valence-corrected chi connectivity index (χ2v) is 22.1. The monoisotopic (exact) mass is 948 g/mol. The highest BCUT2D eigenvalue weighted by atomic mass is 35.5. The number of hydrogen-bond donors (Lipinski definition) is 0. The number of aromatic nitrogens is 4. The van der Waals surface area contributed by atoms with Gasteiger partial charge in [-0.25, -0.2) is 26.8 Å². The van der Waals surface area contributed by atoms with Crippen molar-refractivity contribution < 1.29 is 35.9 Å². The van der Waals surface area contributed by atoms with Crippen LogP contribution in [0.15, 0.2) is 49.1 Å². The maximum atomic E-state index is 13.8. The number of halogens is 6. The Balaban J connectivity index is 0.000000221. The van der Waals surface area contributed by atoms with Crippen molar-refractivity contribution in [3.05, 3.63) is 113 Å². The SMILES string of the molecule is CC(C)(C)C(=O)OC1=C(c2c(Cl)cnc(Cl)c2Cl)S(=O)(=O)C(C)(C)c2cccnc21.CC(C)(C)C(=O)OC1=C(c2c(Cl)cnc(Cl)c2Cl)S(=O)(=O)Cc2cccnc21. The highest BCUT2D eigenvalue weighted by Crippen LogP contribution is 2.52. The van der Waals surface area contributed by atoms with Crippen molar-refractivity contribution in [2.45, 2.75) is 65.9 Å². The lowest BCUT2D eigenvalue weighted by Gasteiger charge is -2.34. The van der Waals surface area contributed by atoms with Gasteiger partial charge in [-0.3, -0.25) is 19.6 Å². The number of ether oxygens (including phenoxy) is 2. The van der Waals surface area contributed by atoms with Crippen molar-refractivity contribution in [2.24, 2.45) is 10.8 Å². The quantitative estimate of drug-likeness (QED) is 0.140. The molecule has 308 valence electrons. The molecule has 20 heteroatoms. The molecule has 0 radical (unpaired) electrons. The third-order valence-corrected chi connectivity index (χ3v) is 15.0. The summed E-state index contributed by atoms with van der Waals surface area (Å²) in [5.74, 6) is -2.10. The maximum absolute atomic E-state index is 13.8. The van der Waals surface area contributed by atoms with E-state index in [9.17, 15) is 26.4 Å². The first-order valence-corrected chi connectivity index (χ1v) is 22.3. The molecule has 2 aliphatic rings. The number of rotatable bonds is 4. The van der Waals surface area contributed by atoms with Gasteiger partial charge >= 0.3 is 11.9 Å². The number of nitrogens with zero attached hydrogens (tertiary/aromatic N) is 4. The van der Waals surface area contributed by atoms with Crippen LogP contribution >= 0.6 is 69.6 Å². The molecular weight excluding hydrogens is 917 g/mol. The first-order chi connectivity index (χ1) is 26.6. The van der Waals surface area contributed by atoms with E-state index in [1.54, 1.807) is 65.8 Å². The zero-order chi connectivity index (χ0) is 43.5. The largest absolute Gasteiger partial charge is 0.422 e. The van der Waals surface area contributed by atoms with Crippen LogP contribution in [0.3, 0.4) is 0 Å². The number of pyridine rings is 4. The van der Waals surface area contributed by atoms with E-state index >= 15 is 0 Å². The van der Waals surface area contributed by atoms with E-state index in [-0.39, 0.29) is 80.0 Å². The minimum absolute atomic E-state index is 0.0448. The molecule has 0 saturated heterocycles. The van der Waals surface area contributed by atoms with Crippen molar-refractivity contribution in [3.63, 3.8) is 0 Å². The number of sulfone groups is 2. The molecule has 0 spiro atoms. The summed E-state index contributed by atoms with van der Waals surface area (Å²) in [6.45, 7) is 13.0. The predicted molar refractivity (Wildman–Crippen MR) is 226 cm³/mol. The summed E-state index contributed by atoms with van der Waals surface area (Å²) >= 11 is 37.1. The number of carbonyl (C=O) groups excluding carboxylic acids is 2. The van der Waals surface area contributed by atoms with Crippen LogP contribution in [0.4, 0.5) is 0 Å². The average Bonchev–Trinajstić information content (AvgIpc) is 3.12. The summed E-state index contributed by atoms with van der Waals surface area (Å²) in [5, 5.41) is -0.681. The van der Waals surface area contributed by atoms with Crippen LogP contribution in [0.2, 0.25) is 30.4 Å². The van der Waals surface area contributed by atoms with Gasteiger partial charge in [-0.2, -0.15) is 0 Å². The van der Waals surface area contributed by atoms with Crippen molar-refractivity contribution in [1.29, 1.82) is 0 Å². The molecule has 0 unspecified atom stereocenters. The predicted octanol–water partition coefficient (Wildman–Crippen LogP) is 10.3. The van der Waals surface area contributed by atoms with Gasteiger partial charge in [-0.15, -0.1) is 0 Å². The average molecular weight is 952 g/mol. The van der Waals surface area contributed by atoms with Crippen LogP contribution in [-0.4, -0.2) is 48.7 Å². The van der Waals surface area contributed by atoms with Crippen LogP contribution in [0, 0.1) is 10.8 Å². The van der Waals surface area contributed by atoms with Gasteiger partial charge in [0.1, 0.15) is 31.5 Å². The van der Waals surface area contributed by atoms with Gasteiger partial charge in [0.25, 0.3) is 0 Å². The topological polar surface area (TPSA) is 172 Å². The molecule has 12 nitrogen and oxygen atoms in total. The molecule has 0 aromatic carbocycles. The zero-order valence-corrected chi connectivity index (χ0v) is 38.1. The van der Waals surface area contributed by atoms with Crippen molar-refractivity contribution in [2.75, 3.05) is 0 Å². The number of hydrogen-bond acceptors (Lipinski definition) is 12. The Bertz CT molecular complexity index is 2690. The van der Waals surface area contributed by atoms with Gasteiger partial charge in [0, 0.05) is 41.5 Å². The van der Waals surface area contributed by atoms with Crippen molar-refractivity contribution in [3.8, 4) is 0 Å². The molecule has 0 saturated carbocycles. The minimum Gasteiger partial charge on any atom is -0.422 e. The lowest BCUT2D eigenvalue weighted by atomic mass is 9.96. The van der Waals surface area contributed by atoms with Gasteiger partial charge in [-0.05, 0) is 73.1 Å². The Labute approximate surface area is 365 Å². The molecule has 2 aliphatic heterocycles. The number of fused-ring (bicyclic) bond motifs is 2. The molecule has 0 bridgehead atoms. The fraction of sp³-hybridized carbons (Fsp3) is 0.316. The first kappa shape index (κ1) is 45.7. The van der Waals surface area contributed by atoms with Crippen LogP contribution in [-0.2, 0) is 49.2 Å². The lowest BCUT2D eigenvalue weighted by molar-refractivity contribution is -0.146. The molecule has 0 N–H and O–H groups in total. The van der Waals surface area contributed by atoms with Gasteiger partial charge in [-0.1, -0.05) is 81.7 Å². The Morgan fingerprint density at radius 2 is 1.09 bits per heavy atom. The molecule has 58 heavy (non-hydrogen) atoms. The highest BCUT2D eigenvalue weighted by Gasteiger charge is 2.50. The Morgan fingerprint density at radius 3 is 1.57 bits per heavy atom. The van der Waals surface area contributed by atoms with Crippen LogP contribution < -0.4 is 0 Å². The molecule has 0 amide bonds. The second kappa shape index (κ2) is 16.3. The van der Waals surface area contributed by atoms with E-state index in [2.05, 4.69) is 19.9 Å². The van der Waals surface area contributed by atoms with E-state index < -0.39 is 47.2 Å². The van der Waals surface area contributed by atoms with E-state index in [0.29, 0.717) is 11.1 Å². The summed E-state index contributed by atoms with van der Waals surface area (Å²) in [4.78, 5) is 40.8. The summed E-state index contributed by atoms with van der Waals surface area (Å²) in [6.07, 6.45) is 5.34. The third-order valence-electron chi connectivity index (χ3n) is 8.72. The molecule has 0 fully saturated rings.